The minimum Gasteiger partial charge on any atom is -0.381 e. The lowest BCUT2D eigenvalue weighted by Crippen LogP contribution is -2.15. The van der Waals surface area contributed by atoms with Gasteiger partial charge >= 0.3 is 0 Å². The van der Waals surface area contributed by atoms with E-state index >= 15 is 0 Å². The van der Waals surface area contributed by atoms with Crippen LogP contribution < -0.4 is 5.32 Å². The third-order valence-electron chi connectivity index (χ3n) is 3.77. The second kappa shape index (κ2) is 6.83. The van der Waals surface area contributed by atoms with Gasteiger partial charge in [-0.25, -0.2) is 9.97 Å². The van der Waals surface area contributed by atoms with Crippen molar-refractivity contribution >= 4 is 28.4 Å². The van der Waals surface area contributed by atoms with Crippen LogP contribution in [0.1, 0.15) is 50.0 Å². The van der Waals surface area contributed by atoms with Crippen molar-refractivity contribution in [3.05, 3.63) is 15.1 Å². The highest BCUT2D eigenvalue weighted by molar-refractivity contribution is 14.1. The molecule has 1 unspecified atom stereocenters. The third-order valence-corrected chi connectivity index (χ3v) is 4.84. The molecule has 4 nitrogen and oxygen atoms in total. The standard InChI is InChI=1S/C14H22IN3O/c1-9(19-3)8-11-17-13(10-6-4-5-7-10)12(15)14(16-2)18-11/h9-10H,4-8H2,1-3H3,(H,16,17,18). The molecule has 5 heteroatoms. The van der Waals surface area contributed by atoms with Crippen LogP contribution in [-0.4, -0.2) is 30.2 Å². The predicted molar refractivity (Wildman–Crippen MR) is 85.7 cm³/mol. The Hall–Kier alpha value is -0.430. The molecule has 1 aliphatic rings. The molecule has 0 aliphatic heterocycles. The highest BCUT2D eigenvalue weighted by Gasteiger charge is 2.23. The molecule has 1 N–H and O–H groups in total. The Bertz CT molecular complexity index is 433. The Morgan fingerprint density at radius 2 is 2.05 bits per heavy atom. The summed E-state index contributed by atoms with van der Waals surface area (Å²) in [6.07, 6.45) is 6.08. The van der Waals surface area contributed by atoms with Crippen molar-refractivity contribution < 1.29 is 4.74 Å². The van der Waals surface area contributed by atoms with E-state index in [1.165, 1.54) is 34.9 Å². The Morgan fingerprint density at radius 3 is 2.63 bits per heavy atom. The largest absolute Gasteiger partial charge is 0.381 e. The molecular formula is C14H22IN3O. The van der Waals surface area contributed by atoms with E-state index < -0.39 is 0 Å². The van der Waals surface area contributed by atoms with Gasteiger partial charge < -0.3 is 10.1 Å². The number of anilines is 1. The van der Waals surface area contributed by atoms with E-state index in [-0.39, 0.29) is 6.10 Å². The fourth-order valence-electron chi connectivity index (χ4n) is 2.58. The Kier molecular flexibility index (Phi) is 5.38. The van der Waals surface area contributed by atoms with Gasteiger partial charge in [0.05, 0.1) is 15.4 Å². The number of halogens is 1. The second-order valence-corrected chi connectivity index (χ2v) is 6.25. The number of methoxy groups -OCH3 is 1. The van der Waals surface area contributed by atoms with Crippen LogP contribution in [0.25, 0.3) is 0 Å². The van der Waals surface area contributed by atoms with Gasteiger partial charge in [-0.3, -0.25) is 0 Å². The molecule has 0 radical (unpaired) electrons. The first-order chi connectivity index (χ1) is 9.15. The predicted octanol–water partition coefficient (Wildman–Crippen LogP) is 3.36. The van der Waals surface area contributed by atoms with Crippen molar-refractivity contribution in [3.8, 4) is 0 Å². The first kappa shape index (κ1) is 15.0. The Balaban J connectivity index is 2.31. The van der Waals surface area contributed by atoms with Crippen molar-refractivity contribution in [1.29, 1.82) is 0 Å². The SMILES string of the molecule is CNc1nc(CC(C)OC)nc(C2CCCC2)c1I. The summed E-state index contributed by atoms with van der Waals surface area (Å²) in [5, 5.41) is 3.19. The minimum absolute atomic E-state index is 0.154. The topological polar surface area (TPSA) is 47.0 Å². The molecule has 2 rings (SSSR count). The lowest BCUT2D eigenvalue weighted by Gasteiger charge is -2.16. The van der Waals surface area contributed by atoms with Crippen molar-refractivity contribution in [2.75, 3.05) is 19.5 Å². The average molecular weight is 375 g/mol. The number of nitrogens with zero attached hydrogens (tertiary/aromatic N) is 2. The Labute approximate surface area is 128 Å². The highest BCUT2D eigenvalue weighted by atomic mass is 127. The number of rotatable bonds is 5. The summed E-state index contributed by atoms with van der Waals surface area (Å²) in [6, 6.07) is 0. The van der Waals surface area contributed by atoms with Crippen LogP contribution in [0.15, 0.2) is 0 Å². The number of aromatic nitrogens is 2. The van der Waals surface area contributed by atoms with Gasteiger partial charge in [0.15, 0.2) is 0 Å². The first-order valence-electron chi connectivity index (χ1n) is 6.92. The molecule has 1 aromatic rings. The fourth-order valence-corrected chi connectivity index (χ4v) is 3.53. The van der Waals surface area contributed by atoms with Crippen LogP contribution in [0.3, 0.4) is 0 Å². The second-order valence-electron chi connectivity index (χ2n) is 5.17. The number of hydrogen-bond acceptors (Lipinski definition) is 4. The van der Waals surface area contributed by atoms with Gasteiger partial charge in [-0.05, 0) is 42.4 Å². The normalized spacial score (nSPS) is 17.7. The Morgan fingerprint density at radius 1 is 1.37 bits per heavy atom. The quantitative estimate of drug-likeness (QED) is 0.802. The van der Waals surface area contributed by atoms with Crippen LogP contribution in [-0.2, 0) is 11.2 Å². The van der Waals surface area contributed by atoms with Crippen molar-refractivity contribution in [1.82, 2.24) is 9.97 Å². The summed E-state index contributed by atoms with van der Waals surface area (Å²) < 4.78 is 6.50. The summed E-state index contributed by atoms with van der Waals surface area (Å²) in [4.78, 5) is 9.41. The molecule has 0 bridgehead atoms. The molecule has 1 fully saturated rings. The molecule has 106 valence electrons. The van der Waals surface area contributed by atoms with Gasteiger partial charge in [-0.2, -0.15) is 0 Å². The molecule has 1 aliphatic carbocycles. The average Bonchev–Trinajstić information content (AvgIpc) is 2.94. The van der Waals surface area contributed by atoms with E-state index in [2.05, 4.69) is 39.8 Å². The third kappa shape index (κ3) is 3.56. The lowest BCUT2D eigenvalue weighted by molar-refractivity contribution is 0.117. The smallest absolute Gasteiger partial charge is 0.143 e. The molecular weight excluding hydrogens is 353 g/mol. The zero-order valence-corrected chi connectivity index (χ0v) is 14.0. The van der Waals surface area contributed by atoms with Crippen LogP contribution >= 0.6 is 22.6 Å². The molecule has 1 saturated carbocycles. The summed E-state index contributed by atoms with van der Waals surface area (Å²) >= 11 is 2.37. The summed E-state index contributed by atoms with van der Waals surface area (Å²) in [5.41, 5.74) is 1.23. The molecule has 0 amide bonds. The summed E-state index contributed by atoms with van der Waals surface area (Å²) in [6.45, 7) is 2.05. The first-order valence-corrected chi connectivity index (χ1v) is 8.00. The van der Waals surface area contributed by atoms with Gasteiger partial charge in [-0.15, -0.1) is 0 Å². The molecule has 19 heavy (non-hydrogen) atoms. The van der Waals surface area contributed by atoms with Gasteiger partial charge in [0.2, 0.25) is 0 Å². The van der Waals surface area contributed by atoms with E-state index in [9.17, 15) is 0 Å². The maximum Gasteiger partial charge on any atom is 0.143 e. The fraction of sp³-hybridized carbons (Fsp3) is 0.714. The highest BCUT2D eigenvalue weighted by Crippen LogP contribution is 2.36. The monoisotopic (exact) mass is 375 g/mol. The zero-order valence-electron chi connectivity index (χ0n) is 11.9. The molecule has 1 heterocycles. The van der Waals surface area contributed by atoms with E-state index in [4.69, 9.17) is 9.72 Å². The summed E-state index contributed by atoms with van der Waals surface area (Å²) in [7, 11) is 3.65. The minimum atomic E-state index is 0.154. The molecule has 0 spiro atoms. The van der Waals surface area contributed by atoms with Crippen LogP contribution in [0.5, 0.6) is 0 Å². The van der Waals surface area contributed by atoms with Crippen LogP contribution in [0.2, 0.25) is 0 Å². The van der Waals surface area contributed by atoms with Crippen molar-refractivity contribution in [2.24, 2.45) is 0 Å². The molecule has 0 aromatic carbocycles. The maximum atomic E-state index is 5.32. The molecule has 1 atom stereocenters. The van der Waals surface area contributed by atoms with Gasteiger partial charge in [-0.1, -0.05) is 12.8 Å². The van der Waals surface area contributed by atoms with E-state index in [0.717, 1.165) is 18.1 Å². The van der Waals surface area contributed by atoms with Gasteiger partial charge in [0, 0.05) is 26.5 Å². The maximum absolute atomic E-state index is 5.32. The van der Waals surface area contributed by atoms with Gasteiger partial charge in [0.25, 0.3) is 0 Å². The van der Waals surface area contributed by atoms with E-state index in [1.54, 1.807) is 7.11 Å². The van der Waals surface area contributed by atoms with Gasteiger partial charge in [0.1, 0.15) is 11.6 Å². The number of ether oxygens (including phenoxy) is 1. The lowest BCUT2D eigenvalue weighted by atomic mass is 10.0. The van der Waals surface area contributed by atoms with Crippen LogP contribution in [0.4, 0.5) is 5.82 Å². The number of hydrogen-bond donors (Lipinski definition) is 1. The van der Waals surface area contributed by atoms with E-state index in [0.29, 0.717) is 5.92 Å². The summed E-state index contributed by atoms with van der Waals surface area (Å²) in [5.74, 6) is 2.45. The van der Waals surface area contributed by atoms with Crippen molar-refractivity contribution in [3.63, 3.8) is 0 Å². The zero-order chi connectivity index (χ0) is 13.8. The van der Waals surface area contributed by atoms with Crippen molar-refractivity contribution in [2.45, 2.75) is 51.0 Å². The van der Waals surface area contributed by atoms with Crippen LogP contribution in [0, 0.1) is 3.57 Å². The molecule has 1 aromatic heterocycles. The number of nitrogens with one attached hydrogen (secondary N) is 1. The van der Waals surface area contributed by atoms with E-state index in [1.807, 2.05) is 7.05 Å². The molecule has 0 saturated heterocycles.